The van der Waals surface area contributed by atoms with Gasteiger partial charge in [0.15, 0.2) is 17.8 Å². The zero-order chi connectivity index (χ0) is 25.3. The van der Waals surface area contributed by atoms with E-state index in [9.17, 15) is 14.7 Å². The Morgan fingerprint density at radius 1 is 1.29 bits per heavy atom. The molecule has 4 rings (SSSR count). The number of amidine groups is 1. The van der Waals surface area contributed by atoms with Gasteiger partial charge in [-0.25, -0.2) is 0 Å². The number of thiophene rings is 1. The fourth-order valence-corrected chi connectivity index (χ4v) is 3.54. The zero-order valence-electron chi connectivity index (χ0n) is 20.4. The van der Waals surface area contributed by atoms with Crippen molar-refractivity contribution in [3.05, 3.63) is 57.1 Å². The lowest BCUT2D eigenvalue weighted by molar-refractivity contribution is -0.116. The molecule has 2 aromatic heterocycles. The second kappa shape index (κ2) is 12.6. The molecule has 0 saturated heterocycles. The largest absolute Gasteiger partial charge is 0.504 e. The van der Waals surface area contributed by atoms with E-state index in [2.05, 4.69) is 15.8 Å². The van der Waals surface area contributed by atoms with E-state index in [-0.39, 0.29) is 16.4 Å². The van der Waals surface area contributed by atoms with Gasteiger partial charge in [-0.15, -0.1) is 11.3 Å². The minimum absolute atomic E-state index is 0.0450. The number of aldehydes is 1. The van der Waals surface area contributed by atoms with Crippen molar-refractivity contribution >= 4 is 34.9 Å². The molecule has 10 heteroatoms. The topological polar surface area (TPSA) is 116 Å². The van der Waals surface area contributed by atoms with E-state index < -0.39 is 0 Å². The highest BCUT2D eigenvalue weighted by molar-refractivity contribution is 7.12. The van der Waals surface area contributed by atoms with E-state index in [1.165, 1.54) is 0 Å². The molecule has 0 amide bonds. The Bertz CT molecular complexity index is 1090. The van der Waals surface area contributed by atoms with Crippen LogP contribution < -0.4 is 10.6 Å². The van der Waals surface area contributed by atoms with Crippen LogP contribution in [0.2, 0.25) is 0 Å². The Kier molecular flexibility index (Phi) is 9.93. The lowest BCUT2D eigenvalue weighted by atomic mass is 9.98. The van der Waals surface area contributed by atoms with Crippen molar-refractivity contribution in [3.63, 3.8) is 0 Å². The van der Waals surface area contributed by atoms with Crippen LogP contribution in [0.25, 0.3) is 0 Å². The van der Waals surface area contributed by atoms with Crippen molar-refractivity contribution in [3.8, 4) is 5.75 Å². The van der Waals surface area contributed by atoms with Crippen molar-refractivity contribution < 1.29 is 24.0 Å². The van der Waals surface area contributed by atoms with Gasteiger partial charge in [0.2, 0.25) is 0 Å². The maximum absolute atomic E-state index is 11.7. The summed E-state index contributed by atoms with van der Waals surface area (Å²) in [5, 5.41) is 21.3. The molecular formula is C24H32N4O5S. The third-order valence-corrected chi connectivity index (χ3v) is 5.62. The van der Waals surface area contributed by atoms with Crippen molar-refractivity contribution in [2.45, 2.75) is 47.1 Å². The van der Waals surface area contributed by atoms with E-state index >= 15 is 0 Å². The molecule has 0 fully saturated rings. The summed E-state index contributed by atoms with van der Waals surface area (Å²) in [6.45, 7) is 8.32. The molecule has 1 aliphatic heterocycles. The first-order chi connectivity index (χ1) is 16.3. The van der Waals surface area contributed by atoms with Crippen LogP contribution in [-0.2, 0) is 16.2 Å². The predicted molar refractivity (Wildman–Crippen MR) is 134 cm³/mol. The molecule has 2 aromatic rings. The van der Waals surface area contributed by atoms with Gasteiger partial charge in [-0.2, -0.15) is 0 Å². The normalized spacial score (nSPS) is 14.2. The van der Waals surface area contributed by atoms with Crippen molar-refractivity contribution in [2.75, 3.05) is 19.4 Å². The fraction of sp³-hybridized carbons (Fsp3) is 0.375. The second-order valence-corrected chi connectivity index (χ2v) is 8.43. The Morgan fingerprint density at radius 3 is 2.53 bits per heavy atom. The van der Waals surface area contributed by atoms with Gasteiger partial charge >= 0.3 is 0 Å². The molecule has 9 nitrogen and oxygen atoms in total. The lowest BCUT2D eigenvalue weighted by Gasteiger charge is -2.24. The number of furan rings is 1. The van der Waals surface area contributed by atoms with Crippen LogP contribution in [0.15, 0.2) is 50.5 Å². The van der Waals surface area contributed by atoms with Gasteiger partial charge in [0.25, 0.3) is 0 Å². The third-order valence-electron chi connectivity index (χ3n) is 4.72. The molecule has 0 radical (unpaired) electrons. The van der Waals surface area contributed by atoms with Gasteiger partial charge in [0.05, 0.1) is 24.9 Å². The second-order valence-electron chi connectivity index (χ2n) is 7.51. The smallest absolute Gasteiger partial charge is 0.186 e. The highest BCUT2D eigenvalue weighted by Gasteiger charge is 2.28. The van der Waals surface area contributed by atoms with Gasteiger partial charge in [0, 0.05) is 31.6 Å². The van der Waals surface area contributed by atoms with Crippen molar-refractivity contribution in [2.24, 2.45) is 5.16 Å². The number of nitrogens with one attached hydrogen (secondary N) is 2. The monoisotopic (exact) mass is 488 g/mol. The maximum atomic E-state index is 11.7. The summed E-state index contributed by atoms with van der Waals surface area (Å²) in [4.78, 5) is 29.6. The van der Waals surface area contributed by atoms with E-state index in [0.29, 0.717) is 30.6 Å². The van der Waals surface area contributed by atoms with Crippen LogP contribution >= 0.6 is 11.3 Å². The molecule has 0 unspecified atom stereocenters. The first kappa shape index (κ1) is 26.7. The van der Waals surface area contributed by atoms with Crippen LogP contribution in [0.1, 0.15) is 54.6 Å². The van der Waals surface area contributed by atoms with Crippen molar-refractivity contribution in [1.82, 2.24) is 10.2 Å². The summed E-state index contributed by atoms with van der Waals surface area (Å²) >= 11 is 1.12. The Labute approximate surface area is 203 Å². The number of hydrogen-bond donors (Lipinski definition) is 3. The molecule has 0 spiro atoms. The summed E-state index contributed by atoms with van der Waals surface area (Å²) < 4.78 is 5.33. The fourth-order valence-electron chi connectivity index (χ4n) is 2.84. The molecular weight excluding hydrogens is 456 g/mol. The van der Waals surface area contributed by atoms with E-state index in [4.69, 9.17) is 9.25 Å². The Hall–Kier alpha value is -3.53. The quantitative estimate of drug-likeness (QED) is 0.498. The molecule has 2 aliphatic rings. The number of aryl methyl sites for hydroxylation is 1. The highest BCUT2D eigenvalue weighted by Crippen LogP contribution is 2.35. The molecule has 184 valence electrons. The molecule has 0 atom stereocenters. The number of hydrogen-bond acceptors (Lipinski definition) is 10. The number of aromatic hydroxyl groups is 1. The zero-order valence-corrected chi connectivity index (χ0v) is 21.2. The standard InChI is InChI=1S/C15H14N2O4S.C7H12N2O.C2H6/c1-8-2-9(21-6-8)4-16-10-3-12(19)14(10)17-11-7-22-13(5-18)15(11)20;1-6-4-5-7(8-10-6)9(2)3;1-2/h2,5-7,16-17,20H,3-4H2,1H3;4H,5H2,1-3H3;1-2H3. The number of ketones is 1. The van der Waals surface area contributed by atoms with Gasteiger partial charge in [0.1, 0.15) is 27.9 Å². The Morgan fingerprint density at radius 2 is 2.03 bits per heavy atom. The van der Waals surface area contributed by atoms with Gasteiger partial charge in [-0.05, 0) is 31.6 Å². The predicted octanol–water partition coefficient (Wildman–Crippen LogP) is 4.77. The number of anilines is 1. The first-order valence-corrected chi connectivity index (χ1v) is 11.8. The number of carbonyl (C=O) groups excluding carboxylic acids is 2. The van der Waals surface area contributed by atoms with Crippen LogP contribution in [-0.4, -0.2) is 42.0 Å². The van der Waals surface area contributed by atoms with Crippen LogP contribution in [0.4, 0.5) is 5.69 Å². The number of oxime groups is 1. The summed E-state index contributed by atoms with van der Waals surface area (Å²) in [7, 11) is 3.91. The molecule has 1 aliphatic carbocycles. The number of nitrogens with zero attached hydrogens (tertiary/aromatic N) is 2. The Balaban J connectivity index is 0.000000286. The van der Waals surface area contributed by atoms with Crippen LogP contribution in [0.3, 0.4) is 0 Å². The van der Waals surface area contributed by atoms with Crippen LogP contribution in [0.5, 0.6) is 5.75 Å². The SMILES string of the molecule is CC.CC1=CCC(N(C)C)=NO1.Cc1coc(CNC2=C(Nc3csc(C=O)c3O)C(=O)C2)c1. The third kappa shape index (κ3) is 6.98. The van der Waals surface area contributed by atoms with Gasteiger partial charge in [-0.1, -0.05) is 19.0 Å². The molecule has 3 N–H and O–H groups in total. The maximum Gasteiger partial charge on any atom is 0.186 e. The van der Waals surface area contributed by atoms with E-state index in [1.54, 1.807) is 11.6 Å². The van der Waals surface area contributed by atoms with Crippen molar-refractivity contribution in [1.29, 1.82) is 0 Å². The summed E-state index contributed by atoms with van der Waals surface area (Å²) in [6, 6.07) is 1.92. The summed E-state index contributed by atoms with van der Waals surface area (Å²) in [5.41, 5.74) is 2.58. The first-order valence-electron chi connectivity index (χ1n) is 10.9. The average Bonchev–Trinajstić information content (AvgIpc) is 3.41. The van der Waals surface area contributed by atoms with E-state index in [0.717, 1.165) is 46.4 Å². The number of Topliss-reactive ketones (excluding diaryl/α,β-unsaturated/α-hetero) is 1. The molecule has 34 heavy (non-hydrogen) atoms. The van der Waals surface area contributed by atoms with Gasteiger partial charge < -0.3 is 29.9 Å². The number of carbonyl (C=O) groups is 2. The lowest BCUT2D eigenvalue weighted by Crippen LogP contribution is -2.32. The van der Waals surface area contributed by atoms with Gasteiger partial charge in [-0.3, -0.25) is 9.59 Å². The average molecular weight is 489 g/mol. The molecule has 0 aromatic carbocycles. The summed E-state index contributed by atoms with van der Waals surface area (Å²) in [5.74, 6) is 2.45. The molecule has 3 heterocycles. The minimum atomic E-state index is -0.131. The minimum Gasteiger partial charge on any atom is -0.504 e. The number of rotatable bonds is 6. The van der Waals surface area contributed by atoms with Crippen LogP contribution in [0, 0.1) is 6.92 Å². The summed E-state index contributed by atoms with van der Waals surface area (Å²) in [6.07, 6.45) is 5.45. The van der Waals surface area contributed by atoms with E-state index in [1.807, 2.05) is 58.8 Å². The molecule has 0 saturated carbocycles. The molecule has 0 bridgehead atoms. The highest BCUT2D eigenvalue weighted by atomic mass is 32.1. The number of allylic oxidation sites excluding steroid dienone is 3.